The molecule has 2 fully saturated rings. The lowest BCUT2D eigenvalue weighted by molar-refractivity contribution is -0.120. The van der Waals surface area contributed by atoms with Crippen molar-refractivity contribution in [3.63, 3.8) is 0 Å². The molecular formula is C10H15NO3. The third-order valence-corrected chi connectivity index (χ3v) is 3.01. The Labute approximate surface area is 83.2 Å². The van der Waals surface area contributed by atoms with Crippen LogP contribution in [0.1, 0.15) is 19.8 Å². The first-order valence-corrected chi connectivity index (χ1v) is 5.15. The van der Waals surface area contributed by atoms with Crippen molar-refractivity contribution in [2.75, 3.05) is 19.7 Å². The van der Waals surface area contributed by atoms with Crippen LogP contribution in [0, 0.1) is 11.8 Å². The largest absolute Gasteiger partial charge is 0.450 e. The molecule has 1 aliphatic heterocycles. The number of piperidine rings is 1. The van der Waals surface area contributed by atoms with Crippen molar-refractivity contribution in [2.45, 2.75) is 19.8 Å². The van der Waals surface area contributed by atoms with Crippen LogP contribution in [0.4, 0.5) is 4.79 Å². The van der Waals surface area contributed by atoms with Crippen LogP contribution in [0.3, 0.4) is 0 Å². The summed E-state index contributed by atoms with van der Waals surface area (Å²) < 4.78 is 4.92. The summed E-state index contributed by atoms with van der Waals surface area (Å²) in [7, 11) is 0. The van der Waals surface area contributed by atoms with Gasteiger partial charge in [0.15, 0.2) is 0 Å². The highest BCUT2D eigenvalue weighted by Crippen LogP contribution is 2.33. The highest BCUT2D eigenvalue weighted by molar-refractivity contribution is 5.85. The molecule has 2 bridgehead atoms. The van der Waals surface area contributed by atoms with Crippen LogP contribution in [0.5, 0.6) is 0 Å². The monoisotopic (exact) mass is 197 g/mol. The minimum atomic E-state index is -0.267. The number of fused-ring (bicyclic) bond motifs is 2. The van der Waals surface area contributed by atoms with Gasteiger partial charge in [0.05, 0.1) is 6.61 Å². The van der Waals surface area contributed by atoms with Gasteiger partial charge in [-0.05, 0) is 19.3 Å². The van der Waals surface area contributed by atoms with E-state index >= 15 is 0 Å². The number of hydrogen-bond donors (Lipinski definition) is 0. The fourth-order valence-corrected chi connectivity index (χ4v) is 2.40. The Morgan fingerprint density at radius 3 is 3.00 bits per heavy atom. The quantitative estimate of drug-likeness (QED) is 0.631. The zero-order chi connectivity index (χ0) is 10.1. The summed E-state index contributed by atoms with van der Waals surface area (Å²) in [4.78, 5) is 24.5. The molecule has 2 rings (SSSR count). The Bertz CT molecular complexity index is 264. The molecule has 1 saturated carbocycles. The molecule has 0 radical (unpaired) electrons. The number of amides is 1. The van der Waals surface area contributed by atoms with Gasteiger partial charge in [-0.2, -0.15) is 0 Å². The van der Waals surface area contributed by atoms with Gasteiger partial charge in [0.2, 0.25) is 0 Å². The third kappa shape index (κ3) is 1.61. The van der Waals surface area contributed by atoms with E-state index < -0.39 is 0 Å². The summed E-state index contributed by atoms with van der Waals surface area (Å²) in [5, 5.41) is 0. The highest BCUT2D eigenvalue weighted by atomic mass is 16.6. The fourth-order valence-electron chi connectivity index (χ4n) is 2.40. The normalized spacial score (nSPS) is 30.6. The predicted octanol–water partition coefficient (Wildman–Crippen LogP) is 1.05. The van der Waals surface area contributed by atoms with Crippen molar-refractivity contribution in [1.82, 2.24) is 4.90 Å². The van der Waals surface area contributed by atoms with Crippen molar-refractivity contribution < 1.29 is 14.3 Å². The maximum atomic E-state index is 11.4. The molecule has 1 heterocycles. The Hall–Kier alpha value is -1.06. The lowest BCUT2D eigenvalue weighted by atomic mass is 9.99. The van der Waals surface area contributed by atoms with Crippen LogP contribution in [-0.2, 0) is 9.53 Å². The molecule has 0 N–H and O–H groups in total. The van der Waals surface area contributed by atoms with Gasteiger partial charge in [0, 0.05) is 25.4 Å². The van der Waals surface area contributed by atoms with Gasteiger partial charge in [0.25, 0.3) is 0 Å². The number of ketones is 1. The van der Waals surface area contributed by atoms with Crippen molar-refractivity contribution in [2.24, 2.45) is 11.8 Å². The first-order valence-electron chi connectivity index (χ1n) is 5.15. The minimum Gasteiger partial charge on any atom is -0.450 e. The average Bonchev–Trinajstić information content (AvgIpc) is 2.41. The molecule has 4 nitrogen and oxygen atoms in total. The number of hydrogen-bond acceptors (Lipinski definition) is 3. The second-order valence-corrected chi connectivity index (χ2v) is 4.07. The molecule has 1 amide bonds. The first-order chi connectivity index (χ1) is 6.70. The molecule has 0 unspecified atom stereocenters. The Kier molecular flexibility index (Phi) is 2.44. The SMILES string of the molecule is CCOC(=O)N1C[C@H]2CC(=O)[C@H](C2)C1. The number of Topliss-reactive ketones (excluding diaryl/α,β-unsaturated/α-hetero) is 1. The number of ether oxygens (including phenoxy) is 1. The maximum Gasteiger partial charge on any atom is 0.409 e. The molecule has 0 aromatic heterocycles. The first kappa shape index (κ1) is 9.49. The summed E-state index contributed by atoms with van der Waals surface area (Å²) in [6, 6.07) is 0. The lowest BCUT2D eigenvalue weighted by Crippen LogP contribution is -2.41. The molecule has 2 atom stereocenters. The zero-order valence-electron chi connectivity index (χ0n) is 8.36. The van der Waals surface area contributed by atoms with Gasteiger partial charge in [-0.15, -0.1) is 0 Å². The van der Waals surface area contributed by atoms with E-state index in [-0.39, 0.29) is 12.0 Å². The van der Waals surface area contributed by atoms with Crippen LogP contribution in [-0.4, -0.2) is 36.5 Å². The van der Waals surface area contributed by atoms with Crippen LogP contribution in [0.15, 0.2) is 0 Å². The van der Waals surface area contributed by atoms with Crippen molar-refractivity contribution in [1.29, 1.82) is 0 Å². The molecular weight excluding hydrogens is 182 g/mol. The molecule has 4 heteroatoms. The van der Waals surface area contributed by atoms with Gasteiger partial charge in [-0.3, -0.25) is 4.79 Å². The smallest absolute Gasteiger partial charge is 0.409 e. The number of nitrogens with zero attached hydrogens (tertiary/aromatic N) is 1. The molecule has 78 valence electrons. The van der Waals surface area contributed by atoms with E-state index in [1.807, 2.05) is 0 Å². The average molecular weight is 197 g/mol. The van der Waals surface area contributed by atoms with Crippen molar-refractivity contribution >= 4 is 11.9 Å². The van der Waals surface area contributed by atoms with E-state index in [2.05, 4.69) is 0 Å². The van der Waals surface area contributed by atoms with E-state index in [0.29, 0.717) is 37.8 Å². The number of likely N-dealkylation sites (tertiary alicyclic amines) is 1. The molecule has 2 aliphatic rings. The molecule has 14 heavy (non-hydrogen) atoms. The highest BCUT2D eigenvalue weighted by Gasteiger charge is 2.40. The lowest BCUT2D eigenvalue weighted by Gasteiger charge is -2.29. The molecule has 0 aromatic rings. The Morgan fingerprint density at radius 2 is 2.36 bits per heavy atom. The standard InChI is InChI=1S/C10H15NO3/c1-2-14-10(13)11-5-7-3-8(6-11)9(12)4-7/h7-8H,2-6H2,1H3/t7-,8-/m1/s1. The Morgan fingerprint density at radius 1 is 1.57 bits per heavy atom. The van der Waals surface area contributed by atoms with Crippen molar-refractivity contribution in [3.05, 3.63) is 0 Å². The molecule has 1 aliphatic carbocycles. The van der Waals surface area contributed by atoms with Crippen LogP contribution < -0.4 is 0 Å². The number of rotatable bonds is 1. The second kappa shape index (κ2) is 3.59. The summed E-state index contributed by atoms with van der Waals surface area (Å²) in [5.41, 5.74) is 0. The summed E-state index contributed by atoms with van der Waals surface area (Å²) in [5.74, 6) is 0.783. The van der Waals surface area contributed by atoms with E-state index in [0.717, 1.165) is 6.42 Å². The van der Waals surface area contributed by atoms with Gasteiger partial charge in [-0.25, -0.2) is 4.79 Å². The van der Waals surface area contributed by atoms with Crippen LogP contribution in [0.2, 0.25) is 0 Å². The minimum absolute atomic E-state index is 0.0816. The van der Waals surface area contributed by atoms with Crippen molar-refractivity contribution in [3.8, 4) is 0 Å². The topological polar surface area (TPSA) is 46.6 Å². The molecule has 1 saturated heterocycles. The fraction of sp³-hybridized carbons (Fsp3) is 0.800. The Balaban J connectivity index is 1.98. The van der Waals surface area contributed by atoms with E-state index in [9.17, 15) is 9.59 Å². The van der Waals surface area contributed by atoms with Crippen LogP contribution in [0.25, 0.3) is 0 Å². The van der Waals surface area contributed by atoms with Gasteiger partial charge < -0.3 is 9.64 Å². The van der Waals surface area contributed by atoms with E-state index in [1.54, 1.807) is 11.8 Å². The third-order valence-electron chi connectivity index (χ3n) is 3.01. The number of carbonyl (C=O) groups is 2. The van der Waals surface area contributed by atoms with E-state index in [1.165, 1.54) is 0 Å². The van der Waals surface area contributed by atoms with Gasteiger partial charge in [-0.1, -0.05) is 0 Å². The summed E-state index contributed by atoms with van der Waals surface area (Å²) in [6.45, 7) is 3.45. The summed E-state index contributed by atoms with van der Waals surface area (Å²) in [6.07, 6.45) is 1.35. The number of carbonyl (C=O) groups excluding carboxylic acids is 2. The van der Waals surface area contributed by atoms with Gasteiger partial charge in [0.1, 0.15) is 5.78 Å². The predicted molar refractivity (Wildman–Crippen MR) is 49.8 cm³/mol. The van der Waals surface area contributed by atoms with E-state index in [4.69, 9.17) is 4.74 Å². The van der Waals surface area contributed by atoms with Gasteiger partial charge >= 0.3 is 6.09 Å². The second-order valence-electron chi connectivity index (χ2n) is 4.07. The summed E-state index contributed by atoms with van der Waals surface area (Å²) >= 11 is 0. The zero-order valence-corrected chi connectivity index (χ0v) is 8.36. The molecule has 0 spiro atoms. The van der Waals surface area contributed by atoms with Crippen LogP contribution >= 0.6 is 0 Å². The maximum absolute atomic E-state index is 11.4. The molecule has 0 aromatic carbocycles.